The summed E-state index contributed by atoms with van der Waals surface area (Å²) in [5, 5.41) is 3.32. The van der Waals surface area contributed by atoms with E-state index in [1.807, 2.05) is 7.05 Å². The predicted octanol–water partition coefficient (Wildman–Crippen LogP) is 0.0690. The number of nitrogens with zero attached hydrogens (tertiary/aromatic N) is 1. The molecule has 0 aliphatic carbocycles. The smallest absolute Gasteiger partial charge is 0.0638 e. The Morgan fingerprint density at radius 3 is 2.67 bits per heavy atom. The first kappa shape index (κ1) is 8.48. The number of rotatable bonds is 2. The van der Waals surface area contributed by atoms with E-state index >= 15 is 0 Å². The predicted molar refractivity (Wildman–Crippen MR) is 48.3 cm³/mol. The fourth-order valence-corrected chi connectivity index (χ4v) is 2.25. The molecule has 3 nitrogen and oxygen atoms in total. The van der Waals surface area contributed by atoms with Crippen molar-refractivity contribution in [3.63, 3.8) is 0 Å². The Kier molecular flexibility index (Phi) is 2.63. The van der Waals surface area contributed by atoms with Crippen molar-refractivity contribution >= 4 is 0 Å². The Labute approximate surface area is 74.1 Å². The van der Waals surface area contributed by atoms with Crippen LogP contribution in [-0.4, -0.2) is 50.3 Å². The van der Waals surface area contributed by atoms with Gasteiger partial charge in [0.2, 0.25) is 0 Å². The second-order valence-corrected chi connectivity index (χ2v) is 3.74. The zero-order chi connectivity index (χ0) is 8.39. The van der Waals surface area contributed by atoms with Gasteiger partial charge in [-0.15, -0.1) is 0 Å². The quantitative estimate of drug-likeness (QED) is 0.634. The van der Waals surface area contributed by atoms with Gasteiger partial charge in [0.05, 0.1) is 19.3 Å². The summed E-state index contributed by atoms with van der Waals surface area (Å²) in [6, 6.07) is 1.19. The Hall–Kier alpha value is -0.120. The van der Waals surface area contributed by atoms with Crippen LogP contribution < -0.4 is 5.32 Å². The molecule has 0 saturated carbocycles. The maximum atomic E-state index is 5.47. The monoisotopic (exact) mass is 170 g/mol. The maximum absolute atomic E-state index is 5.47. The highest BCUT2D eigenvalue weighted by atomic mass is 16.5. The lowest BCUT2D eigenvalue weighted by atomic mass is 10.1. The van der Waals surface area contributed by atoms with Crippen LogP contribution in [0.2, 0.25) is 0 Å². The SMILES string of the molecule is CNC1COCC1N1CCCC1. The molecule has 2 saturated heterocycles. The summed E-state index contributed by atoms with van der Waals surface area (Å²) < 4.78 is 5.47. The minimum absolute atomic E-state index is 0.558. The van der Waals surface area contributed by atoms with Gasteiger partial charge >= 0.3 is 0 Å². The van der Waals surface area contributed by atoms with E-state index in [1.54, 1.807) is 0 Å². The van der Waals surface area contributed by atoms with Crippen molar-refractivity contribution in [1.29, 1.82) is 0 Å². The lowest BCUT2D eigenvalue weighted by molar-refractivity contribution is 0.159. The third-order valence-corrected chi connectivity index (χ3v) is 3.03. The highest BCUT2D eigenvalue weighted by molar-refractivity contribution is 4.89. The van der Waals surface area contributed by atoms with Crippen LogP contribution in [0, 0.1) is 0 Å². The van der Waals surface area contributed by atoms with E-state index in [-0.39, 0.29) is 0 Å². The highest BCUT2D eigenvalue weighted by Gasteiger charge is 2.32. The van der Waals surface area contributed by atoms with Crippen molar-refractivity contribution in [3.05, 3.63) is 0 Å². The number of ether oxygens (including phenoxy) is 1. The van der Waals surface area contributed by atoms with Crippen molar-refractivity contribution in [3.8, 4) is 0 Å². The Morgan fingerprint density at radius 2 is 2.00 bits per heavy atom. The molecule has 12 heavy (non-hydrogen) atoms. The Balaban J connectivity index is 1.92. The van der Waals surface area contributed by atoms with Gasteiger partial charge in [-0.25, -0.2) is 0 Å². The van der Waals surface area contributed by atoms with Crippen LogP contribution in [0.3, 0.4) is 0 Å². The number of hydrogen-bond donors (Lipinski definition) is 1. The normalized spacial score (nSPS) is 37.8. The molecule has 2 heterocycles. The molecule has 3 heteroatoms. The van der Waals surface area contributed by atoms with Gasteiger partial charge in [-0.05, 0) is 33.0 Å². The molecule has 0 aromatic carbocycles. The molecular formula is C9H18N2O. The van der Waals surface area contributed by atoms with Crippen LogP contribution >= 0.6 is 0 Å². The van der Waals surface area contributed by atoms with Crippen LogP contribution in [0.1, 0.15) is 12.8 Å². The average molecular weight is 170 g/mol. The molecule has 0 bridgehead atoms. The van der Waals surface area contributed by atoms with Gasteiger partial charge in [0.15, 0.2) is 0 Å². The molecule has 2 fully saturated rings. The molecule has 2 unspecified atom stereocenters. The maximum Gasteiger partial charge on any atom is 0.0638 e. The summed E-state index contributed by atoms with van der Waals surface area (Å²) in [7, 11) is 2.03. The van der Waals surface area contributed by atoms with Crippen molar-refractivity contribution < 1.29 is 4.74 Å². The number of likely N-dealkylation sites (N-methyl/N-ethyl adjacent to an activating group) is 1. The molecule has 0 radical (unpaired) electrons. The molecule has 2 aliphatic rings. The zero-order valence-electron chi connectivity index (χ0n) is 7.75. The lowest BCUT2D eigenvalue weighted by Gasteiger charge is -2.26. The van der Waals surface area contributed by atoms with Crippen molar-refractivity contribution in [2.24, 2.45) is 0 Å². The highest BCUT2D eigenvalue weighted by Crippen LogP contribution is 2.18. The van der Waals surface area contributed by atoms with Crippen molar-refractivity contribution in [1.82, 2.24) is 10.2 Å². The topological polar surface area (TPSA) is 24.5 Å². The molecule has 0 spiro atoms. The largest absolute Gasteiger partial charge is 0.378 e. The third kappa shape index (κ3) is 1.49. The number of nitrogens with one attached hydrogen (secondary N) is 1. The molecule has 2 atom stereocenters. The first-order valence-corrected chi connectivity index (χ1v) is 4.91. The van der Waals surface area contributed by atoms with Crippen molar-refractivity contribution in [2.45, 2.75) is 24.9 Å². The summed E-state index contributed by atoms with van der Waals surface area (Å²) in [6.07, 6.45) is 2.74. The molecular weight excluding hydrogens is 152 g/mol. The van der Waals surface area contributed by atoms with E-state index in [0.29, 0.717) is 12.1 Å². The molecule has 2 rings (SSSR count). The van der Waals surface area contributed by atoms with Crippen LogP contribution in [0.4, 0.5) is 0 Å². The van der Waals surface area contributed by atoms with Gasteiger partial charge in [0.1, 0.15) is 0 Å². The Morgan fingerprint density at radius 1 is 1.25 bits per heavy atom. The van der Waals surface area contributed by atoms with Gasteiger partial charge in [-0.1, -0.05) is 0 Å². The molecule has 0 aromatic rings. The summed E-state index contributed by atoms with van der Waals surface area (Å²) in [4.78, 5) is 2.56. The average Bonchev–Trinajstić information content (AvgIpc) is 2.74. The molecule has 1 N–H and O–H groups in total. The van der Waals surface area contributed by atoms with E-state index in [0.717, 1.165) is 13.2 Å². The lowest BCUT2D eigenvalue weighted by Crippen LogP contribution is -2.47. The van der Waals surface area contributed by atoms with Crippen LogP contribution in [0.15, 0.2) is 0 Å². The van der Waals surface area contributed by atoms with E-state index < -0.39 is 0 Å². The summed E-state index contributed by atoms with van der Waals surface area (Å²) in [5.41, 5.74) is 0. The van der Waals surface area contributed by atoms with E-state index in [4.69, 9.17) is 4.74 Å². The first-order valence-electron chi connectivity index (χ1n) is 4.91. The standard InChI is InChI=1S/C9H18N2O/c1-10-8-6-12-7-9(8)11-4-2-3-5-11/h8-10H,2-7H2,1H3. The van der Waals surface area contributed by atoms with Gasteiger partial charge < -0.3 is 10.1 Å². The van der Waals surface area contributed by atoms with Crippen LogP contribution in [-0.2, 0) is 4.74 Å². The fourth-order valence-electron chi connectivity index (χ4n) is 2.25. The van der Waals surface area contributed by atoms with Gasteiger partial charge in [-0.2, -0.15) is 0 Å². The first-order chi connectivity index (χ1) is 5.92. The summed E-state index contributed by atoms with van der Waals surface area (Å²) >= 11 is 0. The molecule has 2 aliphatic heterocycles. The van der Waals surface area contributed by atoms with E-state index in [1.165, 1.54) is 25.9 Å². The summed E-state index contributed by atoms with van der Waals surface area (Å²) in [5.74, 6) is 0. The van der Waals surface area contributed by atoms with Gasteiger partial charge in [-0.3, -0.25) is 4.90 Å². The molecule has 0 amide bonds. The van der Waals surface area contributed by atoms with Crippen molar-refractivity contribution in [2.75, 3.05) is 33.4 Å². The van der Waals surface area contributed by atoms with Gasteiger partial charge in [0, 0.05) is 6.04 Å². The Bertz CT molecular complexity index is 145. The minimum atomic E-state index is 0.558. The van der Waals surface area contributed by atoms with Crippen LogP contribution in [0.5, 0.6) is 0 Å². The zero-order valence-corrected chi connectivity index (χ0v) is 7.75. The van der Waals surface area contributed by atoms with E-state index in [2.05, 4.69) is 10.2 Å². The minimum Gasteiger partial charge on any atom is -0.378 e. The fraction of sp³-hybridized carbons (Fsp3) is 1.00. The van der Waals surface area contributed by atoms with Crippen LogP contribution in [0.25, 0.3) is 0 Å². The van der Waals surface area contributed by atoms with Gasteiger partial charge in [0.25, 0.3) is 0 Å². The molecule has 0 aromatic heterocycles. The number of hydrogen-bond acceptors (Lipinski definition) is 3. The molecule has 70 valence electrons. The van der Waals surface area contributed by atoms with E-state index in [9.17, 15) is 0 Å². The number of likely N-dealkylation sites (tertiary alicyclic amines) is 1. The second-order valence-electron chi connectivity index (χ2n) is 3.74. The summed E-state index contributed by atoms with van der Waals surface area (Å²) in [6.45, 7) is 4.35. The second kappa shape index (κ2) is 3.73. The third-order valence-electron chi connectivity index (χ3n) is 3.03.